The largest absolute Gasteiger partial charge is 0.393 e. The summed E-state index contributed by atoms with van der Waals surface area (Å²) in [6.07, 6.45) is 0.203. The second kappa shape index (κ2) is 26.5. The lowest BCUT2D eigenvalue weighted by Crippen LogP contribution is -2.77. The Morgan fingerprint density at radius 2 is 0.444 bits per heavy atom. The third-order valence-electron chi connectivity index (χ3n) is 32.4. The third kappa shape index (κ3) is 9.74. The number of ketones is 2. The van der Waals surface area contributed by atoms with Crippen LogP contribution in [0.1, 0.15) is 115 Å². The minimum atomic E-state index is -1.35. The highest BCUT2D eigenvalue weighted by Crippen LogP contribution is 2.85. The maximum Gasteiger partial charge on any atom is 0.321 e. The smallest absolute Gasteiger partial charge is 0.321 e. The average Bonchev–Trinajstić information content (AvgIpc) is 1.42. The van der Waals surface area contributed by atoms with Crippen molar-refractivity contribution in [1.29, 1.82) is 0 Å². The monoisotopic (exact) mass is 1760 g/mol. The molecule has 8 aliphatic carbocycles. The van der Waals surface area contributed by atoms with Gasteiger partial charge in [0, 0.05) is 11.8 Å². The van der Waals surface area contributed by atoms with E-state index in [2.05, 4.69) is 71.1 Å². The van der Waals surface area contributed by atoms with Crippen LogP contribution < -0.4 is 0 Å². The van der Waals surface area contributed by atoms with Crippen molar-refractivity contribution in [2.24, 2.45) is 172 Å². The molecule has 0 N–H and O–H groups in total. The van der Waals surface area contributed by atoms with E-state index >= 15 is 0 Å². The zero-order valence-corrected chi connectivity index (χ0v) is 66.9. The standard InChI is InChI=1S/2C12H12O6.2C10H8O6.C10H8O5.C9H6O6.C8H4O6.C8H6O6/c2*1-9-5(13)17-6(14)10(9,2)12(4)8(16)18-7(15)11(9,12)3;1-9-3(5(11)15-7(9)13)10(2)4(9)6(12)16-8(10)14;11-6-2-3-4(8(12)15-6)1-5-7(3)10(14)16-9(5)13;11-5-2-6(12)7-3(5)1-4-8(7)10(14)15-9(4)13;1-9-3-2(5(10)14-6(3)11)4(9)7(12)15-8(9)13;9-5-1-2(6(10)13-5)4-3(1)7(11)14-8(4)12;9-5-1-3(7(11)13-5)4-2-6(10)14-8(4)12/h2*1-4H3;3-4H,1-2H3;3-5,7H,1-2H2;3-4,7-8H,1-2H2;2-4H,1H3;1-4H;3-4H,1-2H2. The van der Waals surface area contributed by atoms with Crippen LogP contribution in [0.15, 0.2) is 0 Å². The summed E-state index contributed by atoms with van der Waals surface area (Å²) in [6, 6.07) is 0. The first-order valence-electron chi connectivity index (χ1n) is 38.8. The lowest BCUT2D eigenvalue weighted by Gasteiger charge is -2.65. The van der Waals surface area contributed by atoms with Crippen molar-refractivity contribution in [3.63, 3.8) is 0 Å². The molecule has 15 saturated heterocycles. The Hall–Kier alpha value is -13.6. The molecular formula is C79H64O47. The number of carbonyl (C=O) groups excluding carboxylic acids is 32. The topological polar surface area (TPSA) is 685 Å². The van der Waals surface area contributed by atoms with Crippen LogP contribution in [0, 0.1) is 172 Å². The fraction of sp³-hybridized carbons (Fsp3) is 0.595. The molecule has 14 unspecified atom stereocenters. The quantitative estimate of drug-likeness (QED) is 0.136. The first kappa shape index (κ1) is 86.0. The van der Waals surface area contributed by atoms with E-state index < -0.39 is 351 Å². The number of hydrogen-bond acceptors (Lipinski definition) is 47. The molecule has 0 aromatic carbocycles. The Morgan fingerprint density at radius 1 is 0.190 bits per heavy atom. The number of Topliss-reactive ketones (excluding diaryl/α,β-unsaturated/α-hetero) is 2. The van der Waals surface area contributed by atoms with Crippen LogP contribution in [-0.2, 0) is 224 Å². The van der Waals surface area contributed by atoms with E-state index in [4.69, 9.17) is 0 Å². The van der Waals surface area contributed by atoms with Crippen LogP contribution in [0.3, 0.4) is 0 Å². The summed E-state index contributed by atoms with van der Waals surface area (Å²) in [5.74, 6) is -35.0. The molecule has 23 rings (SSSR count). The highest BCUT2D eigenvalue weighted by Gasteiger charge is 2.99. The van der Waals surface area contributed by atoms with Gasteiger partial charge in [0.05, 0.1) is 180 Å². The van der Waals surface area contributed by atoms with Crippen LogP contribution in [0.2, 0.25) is 0 Å². The average molecular weight is 1770 g/mol. The maximum absolute atomic E-state index is 12.0. The summed E-state index contributed by atoms with van der Waals surface area (Å²) in [5, 5.41) is 0. The predicted octanol–water partition coefficient (Wildman–Crippen LogP) is -4.49. The summed E-state index contributed by atoms with van der Waals surface area (Å²) in [6.45, 7) is 16.3. The molecule has 0 radical (unpaired) electrons. The van der Waals surface area contributed by atoms with Crippen LogP contribution in [0.4, 0.5) is 0 Å². The molecule has 0 amide bonds. The van der Waals surface area contributed by atoms with Gasteiger partial charge in [0.25, 0.3) is 0 Å². The van der Waals surface area contributed by atoms with E-state index in [1.54, 1.807) is 0 Å². The molecule has 0 spiro atoms. The molecule has 0 bridgehead atoms. The normalized spacial score (nSPS) is 46.0. The number of hydrogen-bond donors (Lipinski definition) is 0. The van der Waals surface area contributed by atoms with E-state index in [9.17, 15) is 153 Å². The van der Waals surface area contributed by atoms with Crippen molar-refractivity contribution in [3.05, 3.63) is 0 Å². The molecule has 126 heavy (non-hydrogen) atoms. The van der Waals surface area contributed by atoms with Gasteiger partial charge >= 0.3 is 179 Å². The molecular weight excluding hydrogens is 1700 g/mol. The second-order valence-electron chi connectivity index (χ2n) is 36.3. The van der Waals surface area contributed by atoms with Crippen LogP contribution in [0.25, 0.3) is 0 Å². The van der Waals surface area contributed by atoms with Crippen LogP contribution in [0.5, 0.6) is 0 Å². The first-order valence-corrected chi connectivity index (χ1v) is 38.8. The van der Waals surface area contributed by atoms with Gasteiger partial charge in [0.2, 0.25) is 0 Å². The molecule has 47 heteroatoms. The Balaban J connectivity index is 0.000000106. The number of esters is 30. The fourth-order valence-electron chi connectivity index (χ4n) is 24.5. The fourth-order valence-corrected chi connectivity index (χ4v) is 24.5. The van der Waals surface area contributed by atoms with Gasteiger partial charge in [-0.25, -0.2) is 0 Å². The van der Waals surface area contributed by atoms with E-state index in [-0.39, 0.29) is 43.7 Å². The summed E-state index contributed by atoms with van der Waals surface area (Å²) < 4.78 is 67.3. The Labute approximate surface area is 699 Å². The second-order valence-corrected chi connectivity index (χ2v) is 36.3. The van der Waals surface area contributed by atoms with Gasteiger partial charge in [-0.15, -0.1) is 0 Å². The van der Waals surface area contributed by atoms with Crippen LogP contribution in [-0.4, -0.2) is 191 Å². The van der Waals surface area contributed by atoms with E-state index in [0.29, 0.717) is 6.42 Å². The van der Waals surface area contributed by atoms with Crippen molar-refractivity contribution in [2.75, 3.05) is 0 Å². The molecule has 0 aromatic rings. The Bertz CT molecular complexity index is 5030. The minimum Gasteiger partial charge on any atom is -0.393 e. The zero-order valence-electron chi connectivity index (χ0n) is 66.9. The van der Waals surface area contributed by atoms with E-state index in [0.717, 1.165) is 0 Å². The van der Waals surface area contributed by atoms with Crippen molar-refractivity contribution in [2.45, 2.75) is 115 Å². The number of fused-ring (bicyclic) bond motifs is 26. The van der Waals surface area contributed by atoms with Gasteiger partial charge in [-0.3, -0.25) is 153 Å². The molecule has 47 nitrogen and oxygen atoms in total. The number of ether oxygens (including phenoxy) is 15. The van der Waals surface area contributed by atoms with Crippen LogP contribution >= 0.6 is 0 Å². The SMILES string of the molecule is CC12C(=O)OC(=O)C1(C)C1(C)C(=O)OC(=O)C21C.CC12C(=O)OC(=O)C1(C)C1(C)C(=O)OC(=O)C21C.CC12C(=O)OC(=O)C1C1(C)C(=O)OC(=O)C21.CC12C(=O)OC(=O)C1C1C(=O)OC(=O)C12.O=C1CC(=O)C2C1CC1C(=O)OC(=O)C12.O=C1CC(C2CC(=O)OC2=O)C(=O)O1.O=C1CC2C(CC3C(=O)OC(=O)C32)C(=O)O1.O=C1OC(=O)C2C1C1C(=O)OC(=O)C21. The molecule has 662 valence electrons. The van der Waals surface area contributed by atoms with Crippen molar-refractivity contribution in [3.8, 4) is 0 Å². The highest BCUT2D eigenvalue weighted by atomic mass is 16.7. The van der Waals surface area contributed by atoms with Gasteiger partial charge < -0.3 is 71.1 Å². The van der Waals surface area contributed by atoms with E-state index in [1.165, 1.54) is 76.2 Å². The summed E-state index contributed by atoms with van der Waals surface area (Å²) in [4.78, 5) is 366. The number of rotatable bonds is 1. The number of carbonyl (C=O) groups is 32. The molecule has 8 saturated carbocycles. The molecule has 14 atom stereocenters. The van der Waals surface area contributed by atoms with E-state index in [1.807, 2.05) is 0 Å². The lowest BCUT2D eigenvalue weighted by atomic mass is 9.27. The van der Waals surface area contributed by atoms with Gasteiger partial charge in [-0.2, -0.15) is 0 Å². The van der Waals surface area contributed by atoms with Gasteiger partial charge in [0.15, 0.2) is 0 Å². The molecule has 23 aliphatic rings. The van der Waals surface area contributed by atoms with Gasteiger partial charge in [0.1, 0.15) is 11.6 Å². The Kier molecular flexibility index (Phi) is 18.1. The first-order chi connectivity index (χ1) is 58.4. The summed E-state index contributed by atoms with van der Waals surface area (Å²) in [7, 11) is 0. The molecule has 23 fully saturated rings. The predicted molar refractivity (Wildman–Crippen MR) is 360 cm³/mol. The van der Waals surface area contributed by atoms with Gasteiger partial charge in [-0.05, 0) is 94.9 Å². The third-order valence-corrected chi connectivity index (χ3v) is 32.4. The zero-order chi connectivity index (χ0) is 92.8. The minimum absolute atomic E-state index is 0.0138. The summed E-state index contributed by atoms with van der Waals surface area (Å²) >= 11 is 0. The summed E-state index contributed by atoms with van der Waals surface area (Å²) in [5.41, 5.74) is -14.5. The molecule has 15 aliphatic heterocycles. The maximum atomic E-state index is 12.0. The highest BCUT2D eigenvalue weighted by molar-refractivity contribution is 6.21. The van der Waals surface area contributed by atoms with Crippen molar-refractivity contribution in [1.82, 2.24) is 0 Å². The van der Waals surface area contributed by atoms with Gasteiger partial charge in [-0.1, -0.05) is 0 Å². The Morgan fingerprint density at radius 3 is 0.786 bits per heavy atom. The lowest BCUT2D eigenvalue weighted by molar-refractivity contribution is -0.243. The van der Waals surface area contributed by atoms with Crippen molar-refractivity contribution >= 4 is 191 Å². The number of cyclic esters (lactones) is 30. The van der Waals surface area contributed by atoms with Crippen molar-refractivity contribution < 1.29 is 224 Å². The molecule has 0 aromatic heterocycles. The molecule has 15 heterocycles.